The van der Waals surface area contributed by atoms with Crippen molar-refractivity contribution in [2.45, 2.75) is 45.3 Å². The highest BCUT2D eigenvalue weighted by Gasteiger charge is 2.33. The highest BCUT2D eigenvalue weighted by atomic mass is 16.8. The molecule has 0 aliphatic carbocycles. The topological polar surface area (TPSA) is 81.9 Å². The summed E-state index contributed by atoms with van der Waals surface area (Å²) in [4.78, 5) is 27.3. The van der Waals surface area contributed by atoms with Crippen LogP contribution >= 0.6 is 0 Å². The fourth-order valence-corrected chi connectivity index (χ4v) is 1.50. The van der Waals surface area contributed by atoms with E-state index in [1.165, 1.54) is 5.06 Å². The maximum Gasteiger partial charge on any atom is 0.528 e. The largest absolute Gasteiger partial charge is 0.528 e. The van der Waals surface area contributed by atoms with Gasteiger partial charge in [0.1, 0.15) is 11.6 Å². The van der Waals surface area contributed by atoms with Gasteiger partial charge in [-0.25, -0.2) is 4.79 Å². The number of primary amides is 1. The Morgan fingerprint density at radius 3 is 2.50 bits per heavy atom. The summed E-state index contributed by atoms with van der Waals surface area (Å²) in [6, 6.07) is -0.535. The van der Waals surface area contributed by atoms with E-state index in [9.17, 15) is 9.59 Å². The fourth-order valence-electron chi connectivity index (χ4n) is 1.50. The van der Waals surface area contributed by atoms with Crippen LogP contribution in [0.4, 0.5) is 4.79 Å². The zero-order valence-corrected chi connectivity index (χ0v) is 9.86. The number of carbonyl (C=O) groups excluding carboxylic acids is 2. The summed E-state index contributed by atoms with van der Waals surface area (Å²) in [7, 11) is 0. The van der Waals surface area contributed by atoms with Crippen LogP contribution in [-0.2, 0) is 14.4 Å². The Hall–Kier alpha value is -1.30. The summed E-state index contributed by atoms with van der Waals surface area (Å²) in [6.07, 6.45) is 0.579. The van der Waals surface area contributed by atoms with Crippen LogP contribution in [0.1, 0.15) is 33.6 Å². The number of nitrogens with zero attached hydrogens (tertiary/aromatic N) is 1. The molecule has 0 aromatic carbocycles. The van der Waals surface area contributed by atoms with E-state index in [4.69, 9.17) is 15.3 Å². The molecule has 0 spiro atoms. The number of nitrogens with two attached hydrogens (primary N) is 1. The van der Waals surface area contributed by atoms with Crippen LogP contribution in [0.15, 0.2) is 0 Å². The lowest BCUT2D eigenvalue weighted by molar-refractivity contribution is -0.160. The average molecular weight is 230 g/mol. The number of hydroxylamine groups is 2. The zero-order chi connectivity index (χ0) is 12.3. The first-order valence-corrected chi connectivity index (χ1v) is 5.26. The van der Waals surface area contributed by atoms with Crippen LogP contribution in [0.3, 0.4) is 0 Å². The summed E-state index contributed by atoms with van der Waals surface area (Å²) >= 11 is 0. The molecule has 1 rings (SSSR count). The first kappa shape index (κ1) is 12.8. The lowest BCUT2D eigenvalue weighted by Crippen LogP contribution is -2.42. The average Bonchev–Trinajstić information content (AvgIpc) is 2.47. The highest BCUT2D eigenvalue weighted by molar-refractivity contribution is 5.80. The third-order valence-corrected chi connectivity index (χ3v) is 2.11. The second kappa shape index (κ2) is 4.69. The normalized spacial score (nSPS) is 21.8. The molecule has 6 heteroatoms. The van der Waals surface area contributed by atoms with Crippen LogP contribution in [0.25, 0.3) is 0 Å². The van der Waals surface area contributed by atoms with Crippen molar-refractivity contribution >= 4 is 12.1 Å². The monoisotopic (exact) mass is 230 g/mol. The van der Waals surface area contributed by atoms with Crippen LogP contribution in [0, 0.1) is 0 Å². The molecule has 16 heavy (non-hydrogen) atoms. The summed E-state index contributed by atoms with van der Waals surface area (Å²) in [6.45, 7) is 5.73. The molecule has 6 nitrogen and oxygen atoms in total. The molecular weight excluding hydrogens is 212 g/mol. The molecule has 2 N–H and O–H groups in total. The number of carbonyl (C=O) groups is 2. The van der Waals surface area contributed by atoms with E-state index in [1.807, 2.05) is 0 Å². The second-order valence-corrected chi connectivity index (χ2v) is 4.76. The smallest absolute Gasteiger partial charge is 0.427 e. The third kappa shape index (κ3) is 3.69. The molecule has 1 aliphatic heterocycles. The van der Waals surface area contributed by atoms with E-state index in [-0.39, 0.29) is 0 Å². The molecular formula is C10H18N2O4. The van der Waals surface area contributed by atoms with Crippen molar-refractivity contribution in [1.29, 1.82) is 0 Å². The van der Waals surface area contributed by atoms with Gasteiger partial charge in [-0.15, -0.1) is 5.06 Å². The Morgan fingerprint density at radius 2 is 2.00 bits per heavy atom. The zero-order valence-electron chi connectivity index (χ0n) is 9.86. The first-order chi connectivity index (χ1) is 7.29. The fraction of sp³-hybridized carbons (Fsp3) is 0.800. The van der Waals surface area contributed by atoms with Gasteiger partial charge in [0.25, 0.3) is 0 Å². The van der Waals surface area contributed by atoms with E-state index in [2.05, 4.69) is 0 Å². The highest BCUT2D eigenvalue weighted by Crippen LogP contribution is 2.18. The SMILES string of the molecule is CC(C)(C)OC(=O)ON1CCCC1C(N)=O. The van der Waals surface area contributed by atoms with Gasteiger partial charge in [-0.2, -0.15) is 0 Å². The molecule has 1 unspecified atom stereocenters. The van der Waals surface area contributed by atoms with Crippen LogP contribution in [0.2, 0.25) is 0 Å². The minimum Gasteiger partial charge on any atom is -0.427 e. The second-order valence-electron chi connectivity index (χ2n) is 4.76. The van der Waals surface area contributed by atoms with Crippen LogP contribution in [-0.4, -0.2) is 35.3 Å². The Morgan fingerprint density at radius 1 is 1.38 bits per heavy atom. The minimum absolute atomic E-state index is 0.485. The minimum atomic E-state index is -0.805. The molecule has 0 bridgehead atoms. The molecule has 1 amide bonds. The van der Waals surface area contributed by atoms with Gasteiger partial charge in [-0.1, -0.05) is 0 Å². The Bertz CT molecular complexity index is 285. The van der Waals surface area contributed by atoms with Gasteiger partial charge in [0.05, 0.1) is 0 Å². The molecule has 92 valence electrons. The van der Waals surface area contributed by atoms with E-state index in [0.717, 1.165) is 6.42 Å². The Balaban J connectivity index is 2.47. The molecule has 1 saturated heterocycles. The van der Waals surface area contributed by atoms with Crippen molar-refractivity contribution in [1.82, 2.24) is 5.06 Å². The van der Waals surface area contributed by atoms with Gasteiger partial charge in [-0.05, 0) is 33.6 Å². The van der Waals surface area contributed by atoms with E-state index in [0.29, 0.717) is 13.0 Å². The van der Waals surface area contributed by atoms with E-state index in [1.54, 1.807) is 20.8 Å². The van der Waals surface area contributed by atoms with Crippen molar-refractivity contribution in [2.24, 2.45) is 5.73 Å². The number of ether oxygens (including phenoxy) is 1. The van der Waals surface area contributed by atoms with Crippen molar-refractivity contribution in [2.75, 3.05) is 6.54 Å². The van der Waals surface area contributed by atoms with Crippen molar-refractivity contribution < 1.29 is 19.2 Å². The van der Waals surface area contributed by atoms with Gasteiger partial charge in [0.2, 0.25) is 5.91 Å². The van der Waals surface area contributed by atoms with Gasteiger partial charge in [0.15, 0.2) is 0 Å². The Labute approximate surface area is 94.6 Å². The van der Waals surface area contributed by atoms with Gasteiger partial charge in [0, 0.05) is 6.54 Å². The first-order valence-electron chi connectivity index (χ1n) is 5.26. The Kier molecular flexibility index (Phi) is 3.74. The van der Waals surface area contributed by atoms with Crippen LogP contribution < -0.4 is 5.73 Å². The summed E-state index contributed by atoms with van der Waals surface area (Å²) < 4.78 is 4.97. The van der Waals surface area contributed by atoms with Crippen LogP contribution in [0.5, 0.6) is 0 Å². The van der Waals surface area contributed by atoms with E-state index < -0.39 is 23.7 Å². The lowest BCUT2D eigenvalue weighted by Gasteiger charge is -2.23. The molecule has 0 aromatic rings. The number of hydrogen-bond acceptors (Lipinski definition) is 5. The van der Waals surface area contributed by atoms with Gasteiger partial charge >= 0.3 is 6.16 Å². The van der Waals surface area contributed by atoms with Crippen molar-refractivity contribution in [3.63, 3.8) is 0 Å². The molecule has 1 aliphatic rings. The summed E-state index contributed by atoms with van der Waals surface area (Å²) in [5.74, 6) is -0.485. The molecule has 0 saturated carbocycles. The van der Waals surface area contributed by atoms with Gasteiger partial charge < -0.3 is 15.3 Å². The van der Waals surface area contributed by atoms with Crippen molar-refractivity contribution in [3.8, 4) is 0 Å². The summed E-state index contributed by atoms with van der Waals surface area (Å²) in [5.41, 5.74) is 4.57. The molecule has 1 heterocycles. The van der Waals surface area contributed by atoms with E-state index >= 15 is 0 Å². The summed E-state index contributed by atoms with van der Waals surface area (Å²) in [5, 5.41) is 1.29. The number of rotatable bonds is 2. The number of hydrogen-bond donors (Lipinski definition) is 1. The van der Waals surface area contributed by atoms with Gasteiger partial charge in [-0.3, -0.25) is 4.79 Å². The lowest BCUT2D eigenvalue weighted by atomic mass is 10.2. The molecule has 1 fully saturated rings. The standard InChI is InChI=1S/C10H18N2O4/c1-10(2,3)15-9(14)16-12-6-4-5-7(12)8(11)13/h7H,4-6H2,1-3H3,(H2,11,13). The maximum absolute atomic E-state index is 11.3. The molecule has 0 aromatic heterocycles. The maximum atomic E-state index is 11.3. The predicted octanol–water partition coefficient (Wildman–Crippen LogP) is 0.803. The number of amides is 1. The predicted molar refractivity (Wildman–Crippen MR) is 56.2 cm³/mol. The molecule has 1 atom stereocenters. The van der Waals surface area contributed by atoms with Crippen molar-refractivity contribution in [3.05, 3.63) is 0 Å². The quantitative estimate of drug-likeness (QED) is 0.709. The third-order valence-electron chi connectivity index (χ3n) is 2.11. The molecule has 0 radical (unpaired) electrons.